The molecule has 0 amide bonds. The molecule has 5 rings (SSSR count). The molecule has 2 heterocycles. The van der Waals surface area contributed by atoms with Gasteiger partial charge in [-0.25, -0.2) is 9.79 Å². The molecule has 0 saturated heterocycles. The van der Waals surface area contributed by atoms with Crippen molar-refractivity contribution >= 4 is 23.4 Å². The molecule has 1 aromatic heterocycles. The van der Waals surface area contributed by atoms with Crippen LogP contribution in [0.15, 0.2) is 93.9 Å². The summed E-state index contributed by atoms with van der Waals surface area (Å²) in [4.78, 5) is 32.5. The van der Waals surface area contributed by atoms with Crippen LogP contribution in [0.2, 0.25) is 0 Å². The van der Waals surface area contributed by atoms with Gasteiger partial charge in [0, 0.05) is 12.7 Å². The lowest BCUT2D eigenvalue weighted by Gasteiger charge is -2.26. The van der Waals surface area contributed by atoms with Gasteiger partial charge in [0.05, 0.1) is 36.6 Å². The van der Waals surface area contributed by atoms with E-state index < -0.39 is 12.0 Å². The van der Waals surface area contributed by atoms with Gasteiger partial charge in [0.2, 0.25) is 0 Å². The predicted octanol–water partition coefficient (Wildman–Crippen LogP) is 4.02. The topological polar surface area (TPSA) is 97.6 Å². The normalized spacial score (nSPS) is 14.6. The average Bonchev–Trinajstić information content (AvgIpc) is 3.33. The first-order valence-electron chi connectivity index (χ1n) is 13.6. The number of rotatable bonds is 11. The highest BCUT2D eigenvalue weighted by Gasteiger charge is 2.35. The number of benzene rings is 3. The van der Waals surface area contributed by atoms with Crippen molar-refractivity contribution < 1.29 is 28.5 Å². The molecular weight excluding hydrogens is 568 g/mol. The van der Waals surface area contributed by atoms with E-state index in [-0.39, 0.29) is 24.3 Å². The first kappa shape index (κ1) is 29.8. The Bertz CT molecular complexity index is 1830. The highest BCUT2D eigenvalue weighted by atomic mass is 32.1. The Morgan fingerprint density at radius 2 is 1.67 bits per heavy atom. The summed E-state index contributed by atoms with van der Waals surface area (Å²) in [6.45, 7) is 2.46. The van der Waals surface area contributed by atoms with Crippen molar-refractivity contribution in [3.8, 4) is 17.2 Å². The van der Waals surface area contributed by atoms with Gasteiger partial charge in [-0.2, -0.15) is 0 Å². The third-order valence-corrected chi connectivity index (χ3v) is 7.90. The quantitative estimate of drug-likeness (QED) is 0.190. The van der Waals surface area contributed by atoms with E-state index in [1.165, 1.54) is 23.0 Å². The molecule has 222 valence electrons. The van der Waals surface area contributed by atoms with Crippen LogP contribution in [0, 0.1) is 0 Å². The number of esters is 1. The number of nitrogens with zero attached hydrogens (tertiary/aromatic N) is 2. The molecule has 1 unspecified atom stereocenters. The second-order valence-corrected chi connectivity index (χ2v) is 10.6. The summed E-state index contributed by atoms with van der Waals surface area (Å²) in [6, 6.07) is 21.9. The number of carbonyl (C=O) groups is 1. The molecule has 10 heteroatoms. The van der Waals surface area contributed by atoms with Crippen LogP contribution in [0.4, 0.5) is 0 Å². The number of methoxy groups -OCH3 is 3. The molecule has 1 aliphatic heterocycles. The monoisotopic (exact) mass is 600 g/mol. The van der Waals surface area contributed by atoms with Gasteiger partial charge in [0.1, 0.15) is 25.0 Å². The number of allylic oxidation sites excluding steroid dienone is 1. The van der Waals surface area contributed by atoms with Crippen molar-refractivity contribution in [3.63, 3.8) is 0 Å². The van der Waals surface area contributed by atoms with E-state index in [4.69, 9.17) is 23.7 Å². The minimum absolute atomic E-state index is 0.0715. The second-order valence-electron chi connectivity index (χ2n) is 9.64. The summed E-state index contributed by atoms with van der Waals surface area (Å²) in [5, 5.41) is 0. The van der Waals surface area contributed by atoms with E-state index in [0.717, 1.165) is 11.1 Å². The minimum Gasteiger partial charge on any atom is -0.496 e. The molecule has 0 fully saturated rings. The molecule has 0 spiro atoms. The Balaban J connectivity index is 1.56. The minimum atomic E-state index is -0.798. The number of fused-ring (bicyclic) bond motifs is 1. The highest BCUT2D eigenvalue weighted by Crippen LogP contribution is 2.35. The molecule has 3 aromatic carbocycles. The maximum Gasteiger partial charge on any atom is 0.338 e. The molecule has 1 atom stereocenters. The largest absolute Gasteiger partial charge is 0.496 e. The molecule has 43 heavy (non-hydrogen) atoms. The number of ether oxygens (including phenoxy) is 5. The molecule has 0 radical (unpaired) electrons. The van der Waals surface area contributed by atoms with Crippen molar-refractivity contribution in [2.24, 2.45) is 4.99 Å². The van der Waals surface area contributed by atoms with Gasteiger partial charge in [-0.3, -0.25) is 9.36 Å². The van der Waals surface area contributed by atoms with E-state index >= 15 is 0 Å². The summed E-state index contributed by atoms with van der Waals surface area (Å²) in [5.41, 5.74) is 2.87. The van der Waals surface area contributed by atoms with Crippen molar-refractivity contribution in [1.29, 1.82) is 0 Å². The zero-order chi connectivity index (χ0) is 30.3. The number of carbonyl (C=O) groups excluding carboxylic acids is 1. The Labute approximate surface area is 252 Å². The SMILES string of the molecule is COCCOC(=O)C1=C(C)N=c2sc(=Cc3ccc(OCc4ccccc4)c(OC)c3)c(=O)n2C1c1ccccc1OC. The number of thiazole rings is 1. The number of para-hydroxylation sites is 1. The molecular formula is C33H32N2O7S. The van der Waals surface area contributed by atoms with Crippen LogP contribution in [0.25, 0.3) is 6.08 Å². The van der Waals surface area contributed by atoms with Gasteiger partial charge < -0.3 is 23.7 Å². The molecule has 0 saturated carbocycles. The zero-order valence-electron chi connectivity index (χ0n) is 24.4. The molecule has 0 N–H and O–H groups in total. The molecule has 0 aliphatic carbocycles. The van der Waals surface area contributed by atoms with E-state index in [1.54, 1.807) is 33.3 Å². The second kappa shape index (κ2) is 13.5. The lowest BCUT2D eigenvalue weighted by molar-refractivity contribution is -0.140. The van der Waals surface area contributed by atoms with Crippen molar-refractivity contribution in [2.45, 2.75) is 19.6 Å². The molecule has 1 aliphatic rings. The Hall–Kier alpha value is -4.67. The zero-order valence-corrected chi connectivity index (χ0v) is 25.2. The maximum absolute atomic E-state index is 14.0. The summed E-state index contributed by atoms with van der Waals surface area (Å²) in [6.07, 6.45) is 1.78. The van der Waals surface area contributed by atoms with E-state index in [2.05, 4.69) is 4.99 Å². The van der Waals surface area contributed by atoms with Crippen LogP contribution in [-0.4, -0.2) is 45.1 Å². The Morgan fingerprint density at radius 3 is 2.42 bits per heavy atom. The third kappa shape index (κ3) is 6.40. The maximum atomic E-state index is 14.0. The number of hydrogen-bond acceptors (Lipinski definition) is 9. The Kier molecular flexibility index (Phi) is 9.38. The fraction of sp³-hybridized carbons (Fsp3) is 0.242. The smallest absolute Gasteiger partial charge is 0.338 e. The van der Waals surface area contributed by atoms with E-state index in [1.807, 2.05) is 66.7 Å². The fourth-order valence-corrected chi connectivity index (χ4v) is 5.89. The van der Waals surface area contributed by atoms with E-state index in [0.29, 0.717) is 44.4 Å². The number of aromatic nitrogens is 1. The predicted molar refractivity (Wildman–Crippen MR) is 163 cm³/mol. The highest BCUT2D eigenvalue weighted by molar-refractivity contribution is 7.07. The first-order valence-corrected chi connectivity index (χ1v) is 14.4. The standard InChI is InChI=1S/C33H32N2O7S/c1-21-29(32(37)41-17-16-38-2)30(24-12-8-9-13-25(24)39-3)35-31(36)28(43-33(35)34-21)19-23-14-15-26(27(18-23)40-4)42-20-22-10-6-5-7-11-22/h5-15,18-19,30H,16-17,20H2,1-4H3. The van der Waals surface area contributed by atoms with Gasteiger partial charge >= 0.3 is 5.97 Å². The third-order valence-electron chi connectivity index (χ3n) is 6.92. The van der Waals surface area contributed by atoms with Crippen LogP contribution >= 0.6 is 11.3 Å². The van der Waals surface area contributed by atoms with Gasteiger partial charge in [-0.05, 0) is 42.3 Å². The van der Waals surface area contributed by atoms with Gasteiger partial charge in [-0.1, -0.05) is 65.9 Å². The summed E-state index contributed by atoms with van der Waals surface area (Å²) < 4.78 is 29.7. The molecule has 4 aromatic rings. The summed E-state index contributed by atoms with van der Waals surface area (Å²) >= 11 is 1.24. The summed E-state index contributed by atoms with van der Waals surface area (Å²) in [5.74, 6) is 1.10. The average molecular weight is 601 g/mol. The Morgan fingerprint density at radius 1 is 0.930 bits per heavy atom. The van der Waals surface area contributed by atoms with Crippen molar-refractivity contribution in [1.82, 2.24) is 4.57 Å². The van der Waals surface area contributed by atoms with Gasteiger partial charge in [-0.15, -0.1) is 0 Å². The van der Waals surface area contributed by atoms with Crippen molar-refractivity contribution in [3.05, 3.63) is 120 Å². The van der Waals surface area contributed by atoms with Crippen LogP contribution in [0.1, 0.15) is 29.7 Å². The van der Waals surface area contributed by atoms with Gasteiger partial charge in [0.25, 0.3) is 5.56 Å². The lowest BCUT2D eigenvalue weighted by atomic mass is 9.95. The van der Waals surface area contributed by atoms with Crippen LogP contribution < -0.4 is 29.1 Å². The first-order chi connectivity index (χ1) is 20.9. The van der Waals surface area contributed by atoms with Crippen LogP contribution in [0.5, 0.6) is 17.2 Å². The molecule has 0 bridgehead atoms. The lowest BCUT2D eigenvalue weighted by Crippen LogP contribution is -2.40. The number of hydrogen-bond donors (Lipinski definition) is 0. The van der Waals surface area contributed by atoms with Gasteiger partial charge in [0.15, 0.2) is 16.3 Å². The molecule has 9 nitrogen and oxygen atoms in total. The van der Waals surface area contributed by atoms with Crippen LogP contribution in [-0.2, 0) is 20.9 Å². The van der Waals surface area contributed by atoms with Crippen molar-refractivity contribution in [2.75, 3.05) is 34.5 Å². The fourth-order valence-electron chi connectivity index (χ4n) is 4.84. The van der Waals surface area contributed by atoms with Crippen LogP contribution in [0.3, 0.4) is 0 Å². The summed E-state index contributed by atoms with van der Waals surface area (Å²) in [7, 11) is 4.66. The van der Waals surface area contributed by atoms with E-state index in [9.17, 15) is 9.59 Å².